The number of carbonyl (C=O) groups excluding carboxylic acids is 1. The Bertz CT molecular complexity index is 1410. The number of ether oxygens (including phenoxy) is 1. The maximum atomic E-state index is 13.8. The molecule has 0 fully saturated rings. The molecule has 0 heterocycles. The van der Waals surface area contributed by atoms with E-state index in [-0.39, 0.29) is 37.1 Å². The van der Waals surface area contributed by atoms with Crippen molar-refractivity contribution < 1.29 is 40.3 Å². The Hall–Kier alpha value is -3.40. The highest BCUT2D eigenvalue weighted by Crippen LogP contribution is 2.36. The van der Waals surface area contributed by atoms with Crippen LogP contribution in [0, 0.1) is 17.7 Å². The number of alkyl halides is 6. The third-order valence-corrected chi connectivity index (χ3v) is 7.44. The maximum Gasteiger partial charge on any atom is 0.416 e. The molecule has 3 nitrogen and oxygen atoms in total. The van der Waals surface area contributed by atoms with Gasteiger partial charge in [-0.25, -0.2) is 4.39 Å². The van der Waals surface area contributed by atoms with Gasteiger partial charge in [-0.3, -0.25) is 9.69 Å². The molecule has 0 aliphatic rings. The van der Waals surface area contributed by atoms with Crippen LogP contribution in [0.5, 0.6) is 0 Å². The highest BCUT2D eigenvalue weighted by molar-refractivity contribution is 5.79. The van der Waals surface area contributed by atoms with Gasteiger partial charge in [-0.2, -0.15) is 26.3 Å². The summed E-state index contributed by atoms with van der Waals surface area (Å²) >= 11 is 0. The van der Waals surface area contributed by atoms with Crippen LogP contribution in [0.1, 0.15) is 81.2 Å². The quantitative estimate of drug-likeness (QED) is 0.138. The molecule has 0 aliphatic carbocycles. The fourth-order valence-corrected chi connectivity index (χ4v) is 5.22. The van der Waals surface area contributed by atoms with Crippen molar-refractivity contribution in [2.24, 2.45) is 11.8 Å². The summed E-state index contributed by atoms with van der Waals surface area (Å²) in [6.07, 6.45) is -8.13. The molecular weight excluding hydrogens is 599 g/mol. The molecule has 3 aromatic rings. The van der Waals surface area contributed by atoms with E-state index in [0.717, 1.165) is 24.3 Å². The van der Waals surface area contributed by atoms with Gasteiger partial charge in [0.2, 0.25) is 0 Å². The molecule has 0 saturated carbocycles. The molecule has 3 aromatic carbocycles. The summed E-state index contributed by atoms with van der Waals surface area (Å²) in [6.45, 7) is 10.3. The number of rotatable bonds is 13. The first-order chi connectivity index (χ1) is 21.0. The first-order valence-corrected chi connectivity index (χ1v) is 15.0. The standard InChI is InChI=1S/C35H40F7NO2/c1-6-45-33(44)31(15-23(4)5)28-17-24(16-27(18-28)25-7-10-29(11-8-25)34(37,38)39)20-43(14-13-22(2)3)21-26-9-12-30(36)19-32(26)35(40,41)42/h7-12,16-19,22-23,31H,6,13-15,20-21H2,1-5H3. The lowest BCUT2D eigenvalue weighted by Gasteiger charge is -2.26. The minimum absolute atomic E-state index is 0.0732. The second-order valence-corrected chi connectivity index (χ2v) is 12.2. The molecule has 0 N–H and O–H groups in total. The number of halogens is 7. The van der Waals surface area contributed by atoms with Gasteiger partial charge < -0.3 is 4.74 Å². The van der Waals surface area contributed by atoms with E-state index in [9.17, 15) is 35.5 Å². The molecule has 1 unspecified atom stereocenters. The minimum atomic E-state index is -4.75. The van der Waals surface area contributed by atoms with Crippen LogP contribution in [0.2, 0.25) is 0 Å². The van der Waals surface area contributed by atoms with Crippen molar-refractivity contribution in [3.8, 4) is 11.1 Å². The van der Waals surface area contributed by atoms with Gasteiger partial charge >= 0.3 is 18.3 Å². The van der Waals surface area contributed by atoms with Crippen molar-refractivity contribution >= 4 is 5.97 Å². The Morgan fingerprint density at radius 1 is 0.800 bits per heavy atom. The molecule has 0 saturated heterocycles. The highest BCUT2D eigenvalue weighted by Gasteiger charge is 2.34. The number of benzene rings is 3. The maximum absolute atomic E-state index is 13.8. The number of nitrogens with zero attached hydrogens (tertiary/aromatic N) is 1. The Balaban J connectivity index is 2.13. The lowest BCUT2D eigenvalue weighted by molar-refractivity contribution is -0.145. The van der Waals surface area contributed by atoms with E-state index in [2.05, 4.69) is 0 Å². The largest absolute Gasteiger partial charge is 0.466 e. The average molecular weight is 640 g/mol. The van der Waals surface area contributed by atoms with Gasteiger partial charge in [0.1, 0.15) is 5.82 Å². The third-order valence-electron chi connectivity index (χ3n) is 7.44. The summed E-state index contributed by atoms with van der Waals surface area (Å²) in [5.41, 5.74) is 0.412. The number of esters is 1. The van der Waals surface area contributed by atoms with Crippen LogP contribution in [0.4, 0.5) is 30.7 Å². The predicted molar refractivity (Wildman–Crippen MR) is 161 cm³/mol. The zero-order chi connectivity index (χ0) is 33.5. The van der Waals surface area contributed by atoms with Crippen LogP contribution >= 0.6 is 0 Å². The van der Waals surface area contributed by atoms with E-state index < -0.39 is 41.2 Å². The van der Waals surface area contributed by atoms with Gasteiger partial charge in [-0.1, -0.05) is 58.0 Å². The van der Waals surface area contributed by atoms with Gasteiger partial charge in [0.05, 0.1) is 23.7 Å². The van der Waals surface area contributed by atoms with Gasteiger partial charge in [-0.15, -0.1) is 0 Å². The average Bonchev–Trinajstić information content (AvgIpc) is 2.94. The molecule has 3 rings (SSSR count). The lowest BCUT2D eigenvalue weighted by Crippen LogP contribution is -2.27. The van der Waals surface area contributed by atoms with Crippen molar-refractivity contribution in [2.45, 2.75) is 78.8 Å². The van der Waals surface area contributed by atoms with Gasteiger partial charge in [-0.05, 0) is 96.3 Å². The van der Waals surface area contributed by atoms with Crippen molar-refractivity contribution in [2.75, 3.05) is 13.2 Å². The number of carbonyl (C=O) groups is 1. The Morgan fingerprint density at radius 2 is 1.47 bits per heavy atom. The first kappa shape index (κ1) is 36.1. The molecule has 0 bridgehead atoms. The van der Waals surface area contributed by atoms with E-state index in [1.54, 1.807) is 19.1 Å². The Labute approximate surface area is 260 Å². The Kier molecular flexibility index (Phi) is 12.2. The van der Waals surface area contributed by atoms with E-state index in [0.29, 0.717) is 47.7 Å². The van der Waals surface area contributed by atoms with Gasteiger partial charge in [0.15, 0.2) is 0 Å². The van der Waals surface area contributed by atoms with Gasteiger partial charge in [0, 0.05) is 13.1 Å². The minimum Gasteiger partial charge on any atom is -0.466 e. The van der Waals surface area contributed by atoms with E-state index >= 15 is 0 Å². The van der Waals surface area contributed by atoms with Crippen LogP contribution in [-0.2, 0) is 35.0 Å². The van der Waals surface area contributed by atoms with Crippen LogP contribution in [-0.4, -0.2) is 24.0 Å². The summed E-state index contributed by atoms with van der Waals surface area (Å²) in [5.74, 6) is -1.71. The fourth-order valence-electron chi connectivity index (χ4n) is 5.22. The van der Waals surface area contributed by atoms with Crippen LogP contribution < -0.4 is 0 Å². The SMILES string of the molecule is CCOC(=O)C(CC(C)C)c1cc(CN(CCC(C)C)Cc2ccc(F)cc2C(F)(F)F)cc(-c2ccc(C(F)(F)F)cc2)c1. The lowest BCUT2D eigenvalue weighted by atomic mass is 9.87. The van der Waals surface area contributed by atoms with Crippen molar-refractivity contribution in [3.63, 3.8) is 0 Å². The predicted octanol–water partition coefficient (Wildman–Crippen LogP) is 10.3. The zero-order valence-electron chi connectivity index (χ0n) is 26.2. The van der Waals surface area contributed by atoms with Crippen LogP contribution in [0.25, 0.3) is 11.1 Å². The van der Waals surface area contributed by atoms with Crippen molar-refractivity contribution in [1.29, 1.82) is 0 Å². The molecule has 0 spiro atoms. The smallest absolute Gasteiger partial charge is 0.416 e. The molecule has 0 radical (unpaired) electrons. The Morgan fingerprint density at radius 3 is 2.02 bits per heavy atom. The van der Waals surface area contributed by atoms with E-state index in [1.165, 1.54) is 12.1 Å². The highest BCUT2D eigenvalue weighted by atomic mass is 19.4. The second-order valence-electron chi connectivity index (χ2n) is 12.2. The zero-order valence-corrected chi connectivity index (χ0v) is 26.2. The molecule has 0 aromatic heterocycles. The third kappa shape index (κ3) is 10.6. The molecular formula is C35H40F7NO2. The number of hydrogen-bond acceptors (Lipinski definition) is 3. The van der Waals surface area contributed by atoms with Crippen molar-refractivity contribution in [3.05, 3.63) is 94.3 Å². The molecule has 10 heteroatoms. The molecule has 246 valence electrons. The van der Waals surface area contributed by atoms with E-state index in [1.807, 2.05) is 38.7 Å². The molecule has 0 aliphatic heterocycles. The van der Waals surface area contributed by atoms with Crippen LogP contribution in [0.3, 0.4) is 0 Å². The number of hydrogen-bond donors (Lipinski definition) is 0. The topological polar surface area (TPSA) is 29.5 Å². The van der Waals surface area contributed by atoms with Crippen molar-refractivity contribution in [1.82, 2.24) is 4.90 Å². The summed E-state index contributed by atoms with van der Waals surface area (Å²) in [7, 11) is 0. The monoisotopic (exact) mass is 639 g/mol. The summed E-state index contributed by atoms with van der Waals surface area (Å²) in [5, 5.41) is 0. The molecule has 1 atom stereocenters. The van der Waals surface area contributed by atoms with E-state index in [4.69, 9.17) is 4.74 Å². The van der Waals surface area contributed by atoms with Crippen LogP contribution in [0.15, 0.2) is 60.7 Å². The molecule has 0 amide bonds. The van der Waals surface area contributed by atoms with Gasteiger partial charge in [0.25, 0.3) is 0 Å². The summed E-state index contributed by atoms with van der Waals surface area (Å²) < 4.78 is 101. The first-order valence-electron chi connectivity index (χ1n) is 15.0. The summed E-state index contributed by atoms with van der Waals surface area (Å²) in [4.78, 5) is 14.9. The normalized spacial score (nSPS) is 13.1. The second kappa shape index (κ2) is 15.3. The fraction of sp³-hybridized carbons (Fsp3) is 0.457. The molecule has 45 heavy (non-hydrogen) atoms. The summed E-state index contributed by atoms with van der Waals surface area (Å²) in [6, 6.07) is 12.7.